The summed E-state index contributed by atoms with van der Waals surface area (Å²) in [6.45, 7) is 2.26. The van der Waals surface area contributed by atoms with Gasteiger partial charge in [-0.2, -0.15) is 0 Å². The van der Waals surface area contributed by atoms with Crippen molar-refractivity contribution >= 4 is 11.5 Å². The van der Waals surface area contributed by atoms with Crippen LogP contribution in [0.4, 0.5) is 10.1 Å². The minimum atomic E-state index is -0.388. The zero-order chi connectivity index (χ0) is 14.7. The Bertz CT molecular complexity index is 504. The van der Waals surface area contributed by atoms with Crippen LogP contribution in [-0.4, -0.2) is 24.1 Å². The van der Waals surface area contributed by atoms with Crippen LogP contribution in [0.25, 0.3) is 0 Å². The molecule has 0 amide bonds. The Morgan fingerprint density at radius 3 is 2.85 bits per heavy atom. The third kappa shape index (κ3) is 3.03. The van der Waals surface area contributed by atoms with Crippen molar-refractivity contribution in [3.63, 3.8) is 0 Å². The highest BCUT2D eigenvalue weighted by Gasteiger charge is 2.24. The molecule has 110 valence electrons. The first kappa shape index (κ1) is 14.6. The maximum Gasteiger partial charge on any atom is 0.172 e. The van der Waals surface area contributed by atoms with Crippen LogP contribution in [0.2, 0.25) is 0 Å². The number of nitrogens with zero attached hydrogens (tertiary/aromatic N) is 2. The molecule has 1 saturated carbocycles. The fourth-order valence-electron chi connectivity index (χ4n) is 3.03. The standard InChI is InChI=1S/C15H22FN3O/c1-10-4-3-5-12(8-10)19(2)14-7-6-11(16)9-13(14)15(17)18-20/h6-7,9-10,12,20H,3-5,8H2,1-2H3,(H2,17,18). The van der Waals surface area contributed by atoms with Gasteiger partial charge in [-0.3, -0.25) is 0 Å². The highest BCUT2D eigenvalue weighted by atomic mass is 19.1. The lowest BCUT2D eigenvalue weighted by Gasteiger charge is -2.36. The Hall–Kier alpha value is -1.78. The van der Waals surface area contributed by atoms with E-state index in [0.29, 0.717) is 17.5 Å². The monoisotopic (exact) mass is 279 g/mol. The zero-order valence-electron chi connectivity index (χ0n) is 12.0. The summed E-state index contributed by atoms with van der Waals surface area (Å²) in [6.07, 6.45) is 4.70. The fraction of sp³-hybridized carbons (Fsp3) is 0.533. The van der Waals surface area contributed by atoms with Gasteiger partial charge in [0.25, 0.3) is 0 Å². The van der Waals surface area contributed by atoms with Gasteiger partial charge in [0.05, 0.1) is 0 Å². The molecule has 2 rings (SSSR count). The highest BCUT2D eigenvalue weighted by molar-refractivity contribution is 6.02. The minimum absolute atomic E-state index is 0.0600. The molecule has 1 aromatic carbocycles. The first-order chi connectivity index (χ1) is 9.52. The van der Waals surface area contributed by atoms with Gasteiger partial charge in [-0.25, -0.2) is 4.39 Å². The first-order valence-corrected chi connectivity index (χ1v) is 7.03. The van der Waals surface area contributed by atoms with E-state index in [0.717, 1.165) is 18.5 Å². The molecule has 5 heteroatoms. The zero-order valence-corrected chi connectivity index (χ0v) is 12.0. The second-order valence-electron chi connectivity index (χ2n) is 5.68. The van der Waals surface area contributed by atoms with Crippen LogP contribution in [-0.2, 0) is 0 Å². The molecule has 2 atom stereocenters. The molecular weight excluding hydrogens is 257 g/mol. The van der Waals surface area contributed by atoms with Gasteiger partial charge in [0.1, 0.15) is 5.82 Å². The third-order valence-corrected chi connectivity index (χ3v) is 4.18. The summed E-state index contributed by atoms with van der Waals surface area (Å²) < 4.78 is 13.4. The van der Waals surface area contributed by atoms with Crippen molar-refractivity contribution < 1.29 is 9.60 Å². The van der Waals surface area contributed by atoms with Crippen LogP contribution in [0.1, 0.15) is 38.2 Å². The summed E-state index contributed by atoms with van der Waals surface area (Å²) >= 11 is 0. The summed E-state index contributed by atoms with van der Waals surface area (Å²) in [5.74, 6) is 0.250. The number of hydrogen-bond donors (Lipinski definition) is 2. The molecule has 0 bridgehead atoms. The second kappa shape index (κ2) is 6.11. The van der Waals surface area contributed by atoms with Gasteiger partial charge < -0.3 is 15.8 Å². The molecule has 0 aliphatic heterocycles. The molecule has 1 aliphatic rings. The molecule has 0 aromatic heterocycles. The number of benzene rings is 1. The summed E-state index contributed by atoms with van der Waals surface area (Å²) in [5, 5.41) is 11.9. The van der Waals surface area contributed by atoms with Gasteiger partial charge in [0.15, 0.2) is 5.84 Å². The maximum absolute atomic E-state index is 13.4. The second-order valence-corrected chi connectivity index (χ2v) is 5.68. The molecule has 1 aromatic rings. The van der Waals surface area contributed by atoms with Crippen molar-refractivity contribution in [3.8, 4) is 0 Å². The highest BCUT2D eigenvalue weighted by Crippen LogP contribution is 2.31. The predicted molar refractivity (Wildman–Crippen MR) is 78.7 cm³/mol. The largest absolute Gasteiger partial charge is 0.409 e. The van der Waals surface area contributed by atoms with Crippen LogP contribution in [0.3, 0.4) is 0 Å². The average molecular weight is 279 g/mol. The summed E-state index contributed by atoms with van der Waals surface area (Å²) in [7, 11) is 1.99. The van der Waals surface area contributed by atoms with Crippen molar-refractivity contribution in [3.05, 3.63) is 29.6 Å². The normalized spacial score (nSPS) is 23.6. The van der Waals surface area contributed by atoms with E-state index < -0.39 is 0 Å². The molecule has 0 spiro atoms. The summed E-state index contributed by atoms with van der Waals surface area (Å²) in [4.78, 5) is 2.13. The van der Waals surface area contributed by atoms with Gasteiger partial charge in [0, 0.05) is 24.3 Å². The van der Waals surface area contributed by atoms with E-state index in [1.807, 2.05) is 7.05 Å². The number of oxime groups is 1. The molecule has 1 fully saturated rings. The topological polar surface area (TPSA) is 61.8 Å². The Balaban J connectivity index is 2.31. The molecule has 1 aliphatic carbocycles. The Morgan fingerprint density at radius 2 is 2.20 bits per heavy atom. The van der Waals surface area contributed by atoms with Gasteiger partial charge in [-0.15, -0.1) is 0 Å². The van der Waals surface area contributed by atoms with Crippen molar-refractivity contribution in [1.82, 2.24) is 0 Å². The number of rotatable bonds is 3. The van der Waals surface area contributed by atoms with Gasteiger partial charge in [-0.05, 0) is 37.0 Å². The summed E-state index contributed by atoms with van der Waals surface area (Å²) in [5.41, 5.74) is 6.91. The van der Waals surface area contributed by atoms with Crippen molar-refractivity contribution in [2.75, 3.05) is 11.9 Å². The summed E-state index contributed by atoms with van der Waals surface area (Å²) in [6, 6.07) is 4.83. The molecular formula is C15H22FN3O. The van der Waals surface area contributed by atoms with E-state index in [-0.39, 0.29) is 11.7 Å². The van der Waals surface area contributed by atoms with E-state index >= 15 is 0 Å². The van der Waals surface area contributed by atoms with Gasteiger partial charge >= 0.3 is 0 Å². The molecule has 3 N–H and O–H groups in total. The Labute approximate surface area is 119 Å². The van der Waals surface area contributed by atoms with Crippen LogP contribution in [0.5, 0.6) is 0 Å². The van der Waals surface area contributed by atoms with E-state index in [4.69, 9.17) is 10.9 Å². The van der Waals surface area contributed by atoms with Crippen molar-refractivity contribution in [2.45, 2.75) is 38.6 Å². The maximum atomic E-state index is 13.4. The first-order valence-electron chi connectivity index (χ1n) is 7.03. The van der Waals surface area contributed by atoms with Crippen molar-refractivity contribution in [2.24, 2.45) is 16.8 Å². The van der Waals surface area contributed by atoms with Crippen LogP contribution in [0.15, 0.2) is 23.4 Å². The molecule has 0 radical (unpaired) electrons. The lowest BCUT2D eigenvalue weighted by molar-refractivity contribution is 0.318. The predicted octanol–water partition coefficient (Wildman–Crippen LogP) is 2.94. The number of halogens is 1. The van der Waals surface area contributed by atoms with Crippen LogP contribution < -0.4 is 10.6 Å². The molecule has 20 heavy (non-hydrogen) atoms. The third-order valence-electron chi connectivity index (χ3n) is 4.18. The SMILES string of the molecule is CC1CCCC(N(C)c2ccc(F)cc2C(N)=NO)C1. The Morgan fingerprint density at radius 1 is 1.45 bits per heavy atom. The van der Waals surface area contributed by atoms with E-state index in [1.165, 1.54) is 25.0 Å². The smallest absolute Gasteiger partial charge is 0.172 e. The molecule has 0 saturated heterocycles. The molecule has 0 heterocycles. The lowest BCUT2D eigenvalue weighted by atomic mass is 9.86. The number of amidine groups is 1. The van der Waals surface area contributed by atoms with Crippen LogP contribution in [0, 0.1) is 11.7 Å². The van der Waals surface area contributed by atoms with E-state index in [9.17, 15) is 4.39 Å². The molecule has 2 unspecified atom stereocenters. The van der Waals surface area contributed by atoms with Crippen LogP contribution >= 0.6 is 0 Å². The van der Waals surface area contributed by atoms with Crippen molar-refractivity contribution in [1.29, 1.82) is 0 Å². The average Bonchev–Trinajstić information content (AvgIpc) is 2.45. The molecule has 4 nitrogen and oxygen atoms in total. The fourth-order valence-corrected chi connectivity index (χ4v) is 3.03. The number of hydrogen-bond acceptors (Lipinski definition) is 3. The minimum Gasteiger partial charge on any atom is -0.409 e. The van der Waals surface area contributed by atoms with E-state index in [2.05, 4.69) is 17.0 Å². The number of nitrogens with two attached hydrogens (primary N) is 1. The quantitative estimate of drug-likeness (QED) is 0.387. The lowest BCUT2D eigenvalue weighted by Crippen LogP contribution is -2.36. The number of anilines is 1. The van der Waals surface area contributed by atoms with Gasteiger partial charge in [-0.1, -0.05) is 24.9 Å². The Kier molecular flexibility index (Phi) is 4.47. The van der Waals surface area contributed by atoms with Gasteiger partial charge in [0.2, 0.25) is 0 Å². The van der Waals surface area contributed by atoms with E-state index in [1.54, 1.807) is 6.07 Å².